The molecule has 3 aliphatic rings. The lowest BCUT2D eigenvalue weighted by Gasteiger charge is -2.28. The summed E-state index contributed by atoms with van der Waals surface area (Å²) in [6.45, 7) is 6.71. The molecule has 0 aliphatic carbocycles. The maximum atomic E-state index is 13.0. The number of rotatable bonds is 17. The van der Waals surface area contributed by atoms with Crippen molar-refractivity contribution in [1.29, 1.82) is 0 Å². The molecule has 3 aliphatic heterocycles. The summed E-state index contributed by atoms with van der Waals surface area (Å²) in [7, 11) is -1.78. The van der Waals surface area contributed by atoms with Gasteiger partial charge in [0.15, 0.2) is 0 Å². The van der Waals surface area contributed by atoms with Gasteiger partial charge in [-0.1, -0.05) is 179 Å². The first-order valence-electron chi connectivity index (χ1n) is 30.8. The van der Waals surface area contributed by atoms with E-state index in [9.17, 15) is 49.1 Å². The summed E-state index contributed by atoms with van der Waals surface area (Å²) in [5, 5.41) is 7.89. The number of carbonyl (C=O) groups excluding carboxylic acids is 2. The number of benzene rings is 8. The number of Topliss-reactive ketones (excluding diaryl/α,β-unsaturated/α-hetero) is 2. The molecule has 11 rings (SSSR count). The van der Waals surface area contributed by atoms with Gasteiger partial charge in [-0.25, -0.2) is 0 Å². The van der Waals surface area contributed by atoms with Gasteiger partial charge < -0.3 is 36.5 Å². The third-order valence-corrected chi connectivity index (χ3v) is 20.0. The Morgan fingerprint density at radius 1 is 0.421 bits per heavy atom. The first-order chi connectivity index (χ1) is 44.8. The van der Waals surface area contributed by atoms with Crippen LogP contribution in [0, 0.1) is 0 Å². The largest absolute Gasteiger partial charge is 1.00 e. The number of ketones is 2. The quantitative estimate of drug-likeness (QED) is 0.0549. The van der Waals surface area contributed by atoms with Crippen molar-refractivity contribution in [3.63, 3.8) is 0 Å². The van der Waals surface area contributed by atoms with Gasteiger partial charge >= 0.3 is 18.5 Å². The van der Waals surface area contributed by atoms with E-state index in [2.05, 4.69) is 166 Å². The summed E-state index contributed by atoms with van der Waals surface area (Å²) in [6.07, 6.45) is -5.43. The van der Waals surface area contributed by atoms with Crippen molar-refractivity contribution in [1.82, 2.24) is 15.1 Å². The molecule has 8 aromatic rings. The van der Waals surface area contributed by atoms with Crippen molar-refractivity contribution in [2.24, 2.45) is 0 Å². The number of carbonyl (C=O) groups is 2. The molecule has 21 heteroatoms. The first kappa shape index (κ1) is 78.9. The van der Waals surface area contributed by atoms with Crippen molar-refractivity contribution in [2.75, 3.05) is 77.5 Å². The molecule has 0 saturated carbocycles. The van der Waals surface area contributed by atoms with E-state index in [0.717, 1.165) is 76.2 Å². The molecule has 0 amide bonds. The van der Waals surface area contributed by atoms with Crippen molar-refractivity contribution in [2.45, 2.75) is 63.2 Å². The second kappa shape index (κ2) is 40.7. The highest BCUT2D eigenvalue weighted by Crippen LogP contribution is 2.58. The zero-order valence-corrected chi connectivity index (χ0v) is 57.2. The third-order valence-electron chi connectivity index (χ3n) is 15.3. The lowest BCUT2D eigenvalue weighted by molar-refractivity contribution is -0.139. The number of likely N-dealkylation sites (tertiary alicyclic amines) is 2. The summed E-state index contributed by atoms with van der Waals surface area (Å²) in [5.74, 6) is 0.276. The molecule has 508 valence electrons. The summed E-state index contributed by atoms with van der Waals surface area (Å²) in [6, 6.07) is 70.0. The molecule has 95 heavy (non-hydrogen) atoms. The molecule has 8 aromatic carbocycles. The minimum absolute atomic E-state index is 0. The first-order valence-corrected chi connectivity index (χ1v) is 33.9. The molecule has 0 aromatic heterocycles. The number of alkyl halides is 10. The van der Waals surface area contributed by atoms with Gasteiger partial charge in [-0.2, -0.15) is 39.5 Å². The van der Waals surface area contributed by atoms with Crippen LogP contribution in [0.4, 0.5) is 39.5 Å². The van der Waals surface area contributed by atoms with Crippen molar-refractivity contribution >= 4 is 69.2 Å². The predicted octanol–water partition coefficient (Wildman–Crippen LogP) is 14.0. The Bertz CT molecular complexity index is 3400. The molecule has 0 atom stereocenters. The number of hydrogen-bond donors (Lipinski definition) is 1. The molecule has 3 saturated heterocycles. The van der Waals surface area contributed by atoms with Crippen LogP contribution in [0.15, 0.2) is 230 Å². The molecular formula is C74H78Br2ClF9N3O5P. The van der Waals surface area contributed by atoms with Crippen LogP contribution >= 0.6 is 35.6 Å². The second-order valence-electron chi connectivity index (χ2n) is 21.9. The predicted molar refractivity (Wildman–Crippen MR) is 365 cm³/mol. The minimum Gasteiger partial charge on any atom is -1.00 e. The van der Waals surface area contributed by atoms with Crippen LogP contribution in [0.25, 0.3) is 6.08 Å². The fourth-order valence-corrected chi connectivity index (χ4v) is 15.0. The molecule has 0 spiro atoms. The highest BCUT2D eigenvalue weighted by atomic mass is 79.9. The van der Waals surface area contributed by atoms with Gasteiger partial charge in [0, 0.05) is 83.4 Å². The van der Waals surface area contributed by atoms with E-state index >= 15 is 0 Å². The Morgan fingerprint density at radius 3 is 1.08 bits per heavy atom. The highest BCUT2D eigenvalue weighted by molar-refractivity contribution is 9.09. The van der Waals surface area contributed by atoms with Gasteiger partial charge in [-0.15, -0.1) is 12.4 Å². The lowest BCUT2D eigenvalue weighted by atomic mass is 10.0. The smallest absolute Gasteiger partial charge is 0.419 e. The molecule has 8 nitrogen and oxygen atoms in total. The normalized spacial score (nSPS) is 14.4. The van der Waals surface area contributed by atoms with Crippen LogP contribution in [-0.4, -0.2) is 98.9 Å². The van der Waals surface area contributed by atoms with E-state index in [-0.39, 0.29) is 72.2 Å². The van der Waals surface area contributed by atoms with Crippen LogP contribution in [0.1, 0.15) is 66.3 Å². The number of para-hydroxylation sites is 3. The highest BCUT2D eigenvalue weighted by Gasteiger charge is 2.45. The van der Waals surface area contributed by atoms with Crippen LogP contribution in [-0.2, 0) is 34.3 Å². The summed E-state index contributed by atoms with van der Waals surface area (Å²) in [5.41, 5.74) is 1.80. The molecule has 3 fully saturated rings. The van der Waals surface area contributed by atoms with E-state index in [1.807, 2.05) is 23.1 Å². The zero-order valence-electron chi connectivity index (χ0n) is 52.3. The van der Waals surface area contributed by atoms with Crippen LogP contribution in [0.3, 0.4) is 0 Å². The number of nitrogens with zero attached hydrogens (tertiary/aromatic N) is 2. The minimum atomic E-state index is -4.41. The Labute approximate surface area is 576 Å². The Hall–Kier alpha value is -6.83. The standard InChI is InChI=1S/C25H22P.C21H22F3NO.C14H16F3NO2.C9H8BrF3O.C5H9NO.BrH.ClH/c1-5-13-22(14-6-1)21-26(23-15-7-2-8-16-23,24-17-9-3-10-18-24)25-19-11-4-12-20-25;22-21(23,24)19-8-4-5-9-20(19)26-15-14-25-12-10-18(11-13-25)16-17-6-2-1-3-7-17;15-14(16,17)12-3-1-2-4-13(12)20-10-9-18-7-5-11(19)6-8-18;10-5-6-14-8-4-2-1-3-7(8)9(11,12)13;7-5-1-3-6-4-2-5;;/h1-20H,21H2;1-9,16H,10-15H2;1-4H,5-10H2;1-4H,5-6H2;6H,1-4H2;2*1H/q+1;;;;;;/p-1. The molecular weight excluding hydrogens is 1410 g/mol. The summed E-state index contributed by atoms with van der Waals surface area (Å²) >= 11 is 3.08. The Kier molecular flexibility index (Phi) is 33.8. The topological polar surface area (TPSA) is 80.3 Å². The van der Waals surface area contributed by atoms with E-state index in [1.54, 1.807) is 6.07 Å². The average molecular weight is 1490 g/mol. The van der Waals surface area contributed by atoms with E-state index < -0.39 is 42.5 Å². The monoisotopic (exact) mass is 1480 g/mol. The number of nitrogens with one attached hydrogen (secondary N) is 1. The molecule has 1 N–H and O–H groups in total. The van der Waals surface area contributed by atoms with Gasteiger partial charge in [-0.05, 0) is 96.8 Å². The van der Waals surface area contributed by atoms with Crippen molar-refractivity contribution in [3.05, 3.63) is 258 Å². The Morgan fingerprint density at radius 2 is 0.737 bits per heavy atom. The number of hydrogen-bond acceptors (Lipinski definition) is 8. The van der Waals surface area contributed by atoms with Gasteiger partial charge in [0.25, 0.3) is 0 Å². The maximum Gasteiger partial charge on any atom is 0.419 e. The van der Waals surface area contributed by atoms with Crippen molar-refractivity contribution in [3.8, 4) is 17.2 Å². The van der Waals surface area contributed by atoms with Crippen LogP contribution in [0.2, 0.25) is 0 Å². The lowest BCUT2D eigenvalue weighted by Crippen LogP contribution is -3.00. The van der Waals surface area contributed by atoms with Gasteiger partial charge in [0.2, 0.25) is 0 Å². The second-order valence-corrected chi connectivity index (χ2v) is 26.2. The zero-order chi connectivity index (χ0) is 66.4. The molecule has 0 radical (unpaired) electrons. The van der Waals surface area contributed by atoms with Gasteiger partial charge in [0.1, 0.15) is 65.2 Å². The average Bonchev–Trinajstić information content (AvgIpc) is 0.799. The SMILES string of the molecule is Cl.FC(F)(F)c1ccccc1OCCBr.FC(F)(F)c1ccccc1OCCN1CCC(=Cc2ccccc2)CC1.O=C1CCN(CCOc2ccccc2C(F)(F)F)CC1.O=C1CCNCC1.[Br-].c1ccc(C[P+](c2ccccc2)(c2ccccc2)c2ccccc2)cc1. The fraction of sp³-hybridized carbons (Fsp3) is 0.297. The van der Waals surface area contributed by atoms with E-state index in [4.69, 9.17) is 14.2 Å². The van der Waals surface area contributed by atoms with Gasteiger partial charge in [0.05, 0.1) is 29.5 Å². The number of ether oxygens (including phenoxy) is 3. The number of halogens is 12. The van der Waals surface area contributed by atoms with Crippen LogP contribution in [0.5, 0.6) is 17.2 Å². The summed E-state index contributed by atoms with van der Waals surface area (Å²) in [4.78, 5) is 25.8. The van der Waals surface area contributed by atoms with Gasteiger partial charge in [-0.3, -0.25) is 19.4 Å². The number of piperidine rings is 3. The molecule has 0 unspecified atom stereocenters. The third kappa shape index (κ3) is 26.3. The molecule has 0 bridgehead atoms. The molecule has 3 heterocycles. The van der Waals surface area contributed by atoms with Crippen molar-refractivity contribution < 1.29 is 80.3 Å². The summed E-state index contributed by atoms with van der Waals surface area (Å²) < 4.78 is 130. The maximum absolute atomic E-state index is 13.0. The van der Waals surface area contributed by atoms with Crippen LogP contribution < -0.4 is 52.4 Å². The Balaban J connectivity index is 0.000000224. The van der Waals surface area contributed by atoms with E-state index in [0.29, 0.717) is 50.1 Å². The fourth-order valence-electron chi connectivity index (χ4n) is 10.5. The van der Waals surface area contributed by atoms with E-state index in [1.165, 1.54) is 81.1 Å².